The van der Waals surface area contributed by atoms with Crippen molar-refractivity contribution in [1.82, 2.24) is 15.5 Å². The first-order chi connectivity index (χ1) is 14.0. The number of nitrogens with two attached hydrogens (primary N) is 1. The number of benzene rings is 1. The van der Waals surface area contributed by atoms with Crippen molar-refractivity contribution >= 4 is 17.7 Å². The molecule has 156 valence electrons. The predicted molar refractivity (Wildman–Crippen MR) is 109 cm³/mol. The summed E-state index contributed by atoms with van der Waals surface area (Å²) < 4.78 is 0. The maximum Gasteiger partial charge on any atom is 0.255 e. The third kappa shape index (κ3) is 4.36. The van der Waals surface area contributed by atoms with Crippen LogP contribution in [0, 0.1) is 11.8 Å². The highest BCUT2D eigenvalue weighted by atomic mass is 16.2. The van der Waals surface area contributed by atoms with E-state index in [-0.39, 0.29) is 24.1 Å². The molecule has 4 N–H and O–H groups in total. The molecule has 0 spiro atoms. The van der Waals surface area contributed by atoms with Crippen molar-refractivity contribution in [3.05, 3.63) is 34.9 Å². The van der Waals surface area contributed by atoms with Crippen molar-refractivity contribution < 1.29 is 14.4 Å². The summed E-state index contributed by atoms with van der Waals surface area (Å²) in [4.78, 5) is 37.9. The molecule has 29 heavy (non-hydrogen) atoms. The molecule has 1 atom stereocenters. The van der Waals surface area contributed by atoms with Gasteiger partial charge in [0.15, 0.2) is 0 Å². The van der Waals surface area contributed by atoms with E-state index in [9.17, 15) is 14.4 Å². The molecule has 1 aromatic rings. The normalized spacial score (nSPS) is 27.1. The Hall–Kier alpha value is -2.25. The quantitative estimate of drug-likeness (QED) is 0.627. The Morgan fingerprint density at radius 3 is 2.55 bits per heavy atom. The van der Waals surface area contributed by atoms with Crippen LogP contribution in [0.3, 0.4) is 0 Å². The van der Waals surface area contributed by atoms with E-state index in [1.54, 1.807) is 4.90 Å². The Bertz CT molecular complexity index is 801. The molecular weight excluding hydrogens is 368 g/mol. The zero-order valence-corrected chi connectivity index (χ0v) is 16.8. The Kier molecular flexibility index (Phi) is 5.96. The van der Waals surface area contributed by atoms with Gasteiger partial charge in [-0.3, -0.25) is 19.7 Å². The second kappa shape index (κ2) is 8.63. The van der Waals surface area contributed by atoms with Crippen molar-refractivity contribution in [3.8, 4) is 0 Å². The molecule has 1 saturated carbocycles. The smallest absolute Gasteiger partial charge is 0.255 e. The lowest BCUT2D eigenvalue weighted by Gasteiger charge is -2.29. The first-order valence-corrected chi connectivity index (χ1v) is 10.7. The van der Waals surface area contributed by atoms with Crippen LogP contribution in [0.4, 0.5) is 0 Å². The highest BCUT2D eigenvalue weighted by molar-refractivity contribution is 6.05. The lowest BCUT2D eigenvalue weighted by molar-refractivity contribution is -0.136. The highest BCUT2D eigenvalue weighted by Crippen LogP contribution is 2.29. The van der Waals surface area contributed by atoms with E-state index in [0.717, 1.165) is 36.7 Å². The first-order valence-electron chi connectivity index (χ1n) is 10.7. The number of hydrogen-bond acceptors (Lipinski definition) is 5. The zero-order valence-electron chi connectivity index (χ0n) is 16.8. The summed E-state index contributed by atoms with van der Waals surface area (Å²) in [7, 11) is 0. The van der Waals surface area contributed by atoms with Gasteiger partial charge in [-0.15, -0.1) is 0 Å². The summed E-state index contributed by atoms with van der Waals surface area (Å²) in [6.45, 7) is 3.02. The Labute approximate surface area is 171 Å². The highest BCUT2D eigenvalue weighted by Gasteiger charge is 2.39. The van der Waals surface area contributed by atoms with Gasteiger partial charge in [0.2, 0.25) is 11.8 Å². The summed E-state index contributed by atoms with van der Waals surface area (Å²) in [6, 6.07) is 5.37. The number of imide groups is 1. The molecule has 1 unspecified atom stereocenters. The van der Waals surface area contributed by atoms with E-state index in [4.69, 9.17) is 5.73 Å². The van der Waals surface area contributed by atoms with Gasteiger partial charge < -0.3 is 16.0 Å². The number of fused-ring (bicyclic) bond motifs is 1. The van der Waals surface area contributed by atoms with Crippen LogP contribution >= 0.6 is 0 Å². The first kappa shape index (κ1) is 20.0. The van der Waals surface area contributed by atoms with Gasteiger partial charge in [-0.2, -0.15) is 0 Å². The maximum atomic E-state index is 12.7. The predicted octanol–water partition coefficient (Wildman–Crippen LogP) is 1.30. The van der Waals surface area contributed by atoms with Crippen LogP contribution in [-0.2, 0) is 22.7 Å². The van der Waals surface area contributed by atoms with E-state index in [1.165, 1.54) is 25.7 Å². The Morgan fingerprint density at radius 2 is 1.83 bits per heavy atom. The van der Waals surface area contributed by atoms with Gasteiger partial charge in [0.1, 0.15) is 6.04 Å². The number of rotatable bonds is 6. The molecule has 2 fully saturated rings. The van der Waals surface area contributed by atoms with Crippen molar-refractivity contribution in [3.63, 3.8) is 0 Å². The number of nitrogens with zero attached hydrogens (tertiary/aromatic N) is 1. The third-order valence-corrected chi connectivity index (χ3v) is 6.65. The van der Waals surface area contributed by atoms with E-state index >= 15 is 0 Å². The van der Waals surface area contributed by atoms with Gasteiger partial charge in [0, 0.05) is 25.1 Å². The molecular formula is C22H30N4O3. The molecule has 1 aliphatic carbocycles. The minimum Gasteiger partial charge on any atom is -0.330 e. The number of amides is 3. The van der Waals surface area contributed by atoms with E-state index in [2.05, 4.69) is 16.7 Å². The number of piperidine rings is 1. The van der Waals surface area contributed by atoms with Crippen LogP contribution in [0.15, 0.2) is 18.2 Å². The van der Waals surface area contributed by atoms with Crippen LogP contribution in [0.1, 0.15) is 60.0 Å². The average Bonchev–Trinajstić information content (AvgIpc) is 3.04. The molecule has 7 heteroatoms. The third-order valence-electron chi connectivity index (χ3n) is 6.65. The fourth-order valence-electron chi connectivity index (χ4n) is 4.83. The Morgan fingerprint density at radius 1 is 1.07 bits per heavy atom. The maximum absolute atomic E-state index is 12.7. The lowest BCUT2D eigenvalue weighted by atomic mass is 9.82. The van der Waals surface area contributed by atoms with E-state index in [0.29, 0.717) is 24.4 Å². The molecule has 7 nitrogen and oxygen atoms in total. The van der Waals surface area contributed by atoms with Crippen molar-refractivity contribution in [2.75, 3.05) is 13.1 Å². The molecule has 1 aromatic carbocycles. The fraction of sp³-hybridized carbons (Fsp3) is 0.591. The van der Waals surface area contributed by atoms with Crippen LogP contribution in [0.25, 0.3) is 0 Å². The van der Waals surface area contributed by atoms with Gasteiger partial charge in [0.05, 0.1) is 0 Å². The number of carbonyl (C=O) groups excluding carboxylic acids is 3. The summed E-state index contributed by atoms with van der Waals surface area (Å²) in [5, 5.41) is 5.90. The lowest BCUT2D eigenvalue weighted by Crippen LogP contribution is -2.52. The minimum absolute atomic E-state index is 0.120. The minimum atomic E-state index is -0.558. The topological polar surface area (TPSA) is 105 Å². The van der Waals surface area contributed by atoms with E-state index in [1.807, 2.05) is 12.1 Å². The molecule has 0 aromatic heterocycles. The number of carbonyl (C=O) groups is 3. The largest absolute Gasteiger partial charge is 0.330 e. The van der Waals surface area contributed by atoms with Crippen molar-refractivity contribution in [1.29, 1.82) is 0 Å². The molecule has 3 aliphatic rings. The molecule has 4 rings (SSSR count). The van der Waals surface area contributed by atoms with Crippen LogP contribution < -0.4 is 16.4 Å². The molecule has 2 heterocycles. The second-order valence-electron chi connectivity index (χ2n) is 8.64. The monoisotopic (exact) mass is 398 g/mol. The van der Waals surface area contributed by atoms with Crippen molar-refractivity contribution in [2.24, 2.45) is 17.6 Å². The number of hydrogen-bond donors (Lipinski definition) is 3. The summed E-state index contributed by atoms with van der Waals surface area (Å²) >= 11 is 0. The molecule has 0 radical (unpaired) electrons. The van der Waals surface area contributed by atoms with Gasteiger partial charge >= 0.3 is 0 Å². The van der Waals surface area contributed by atoms with Crippen LogP contribution in [0.2, 0.25) is 0 Å². The van der Waals surface area contributed by atoms with Crippen LogP contribution in [-0.4, -0.2) is 41.8 Å². The van der Waals surface area contributed by atoms with Crippen molar-refractivity contribution in [2.45, 2.75) is 57.7 Å². The molecule has 2 aliphatic heterocycles. The summed E-state index contributed by atoms with van der Waals surface area (Å²) in [5.41, 5.74) is 8.55. The Balaban J connectivity index is 1.32. The summed E-state index contributed by atoms with van der Waals surface area (Å²) in [5.74, 6) is 0.671. The van der Waals surface area contributed by atoms with Gasteiger partial charge in [-0.1, -0.05) is 12.1 Å². The van der Waals surface area contributed by atoms with Gasteiger partial charge in [-0.25, -0.2) is 0 Å². The van der Waals surface area contributed by atoms with Gasteiger partial charge in [0.25, 0.3) is 5.91 Å². The van der Waals surface area contributed by atoms with E-state index < -0.39 is 6.04 Å². The molecule has 1 saturated heterocycles. The van der Waals surface area contributed by atoms with Gasteiger partial charge in [-0.05, 0) is 74.2 Å². The second-order valence-corrected chi connectivity index (χ2v) is 8.64. The standard InChI is InChI=1S/C22H30N4O3/c23-10-14-1-3-15(4-2-14)11-24-12-16-5-6-18-17(9-16)13-26(22(18)29)19-7-8-20(27)25-21(19)28/h5-6,9,14-15,19,24H,1-4,7-8,10-13,23H2,(H,25,27,28). The SMILES string of the molecule is NCC1CCC(CNCc2ccc3c(c2)CN(C2CCC(=O)NC2=O)C3=O)CC1. The van der Waals surface area contributed by atoms with Crippen LogP contribution in [0.5, 0.6) is 0 Å². The fourth-order valence-corrected chi connectivity index (χ4v) is 4.83. The summed E-state index contributed by atoms with van der Waals surface area (Å²) in [6.07, 6.45) is 5.63. The number of nitrogens with one attached hydrogen (secondary N) is 2. The molecule has 0 bridgehead atoms. The average molecular weight is 399 g/mol. The zero-order chi connectivity index (χ0) is 20.4. The molecule has 3 amide bonds.